The Balaban J connectivity index is 2.65. The maximum Gasteiger partial charge on any atom is 0.271 e. The van der Waals surface area contributed by atoms with Crippen molar-refractivity contribution in [3.63, 3.8) is 0 Å². The number of nitrogens with one attached hydrogen (secondary N) is 2. The van der Waals surface area contributed by atoms with E-state index in [0.29, 0.717) is 10.8 Å². The van der Waals surface area contributed by atoms with Crippen LogP contribution in [0, 0.1) is 10.1 Å². The second-order valence-corrected chi connectivity index (χ2v) is 4.12. The lowest BCUT2D eigenvalue weighted by Gasteiger charge is -2.15. The van der Waals surface area contributed by atoms with Crippen LogP contribution in [0.3, 0.4) is 0 Å². The van der Waals surface area contributed by atoms with E-state index < -0.39 is 4.92 Å². The Kier molecular flexibility index (Phi) is 4.84. The predicted octanol–water partition coefficient (Wildman–Crippen LogP) is 2.68. The van der Waals surface area contributed by atoms with E-state index in [1.807, 2.05) is 13.8 Å². The summed E-state index contributed by atoms with van der Waals surface area (Å²) in [6.45, 7) is 4.06. The molecule has 0 aromatic heterocycles. The van der Waals surface area contributed by atoms with Gasteiger partial charge in [0.1, 0.15) is 0 Å². The monoisotopic (exact) mass is 253 g/mol. The van der Waals surface area contributed by atoms with Gasteiger partial charge in [-0.2, -0.15) is 0 Å². The Morgan fingerprint density at radius 2 is 2.29 bits per heavy atom. The number of nitro groups is 1. The number of rotatable bonds is 4. The van der Waals surface area contributed by atoms with Crippen molar-refractivity contribution in [2.45, 2.75) is 26.3 Å². The van der Waals surface area contributed by atoms with Crippen LogP contribution in [-0.4, -0.2) is 16.1 Å². The number of anilines is 1. The molecule has 1 aromatic carbocycles. The van der Waals surface area contributed by atoms with E-state index in [0.717, 1.165) is 6.42 Å². The molecule has 6 heteroatoms. The van der Waals surface area contributed by atoms with Crippen molar-refractivity contribution in [3.8, 4) is 0 Å². The van der Waals surface area contributed by atoms with Crippen molar-refractivity contribution >= 4 is 28.7 Å². The van der Waals surface area contributed by atoms with Crippen molar-refractivity contribution < 1.29 is 4.92 Å². The van der Waals surface area contributed by atoms with Crippen molar-refractivity contribution in [1.29, 1.82) is 0 Å². The number of nitro benzene ring substituents is 1. The molecule has 17 heavy (non-hydrogen) atoms. The minimum atomic E-state index is -0.434. The molecule has 1 unspecified atom stereocenters. The molecular weight excluding hydrogens is 238 g/mol. The molecule has 92 valence electrons. The molecule has 0 saturated heterocycles. The van der Waals surface area contributed by atoms with Crippen molar-refractivity contribution in [3.05, 3.63) is 34.4 Å². The van der Waals surface area contributed by atoms with Crippen LogP contribution in [0.1, 0.15) is 20.3 Å². The zero-order valence-electron chi connectivity index (χ0n) is 9.77. The fraction of sp³-hybridized carbons (Fsp3) is 0.364. The number of hydrogen-bond donors (Lipinski definition) is 2. The highest BCUT2D eigenvalue weighted by Crippen LogP contribution is 2.16. The average molecular weight is 253 g/mol. The summed E-state index contributed by atoms with van der Waals surface area (Å²) in [5, 5.41) is 17.1. The molecule has 0 saturated carbocycles. The van der Waals surface area contributed by atoms with Gasteiger partial charge in [0, 0.05) is 23.9 Å². The zero-order valence-corrected chi connectivity index (χ0v) is 10.6. The van der Waals surface area contributed by atoms with E-state index in [-0.39, 0.29) is 11.7 Å². The molecule has 0 spiro atoms. The first-order valence-corrected chi connectivity index (χ1v) is 5.75. The maximum absolute atomic E-state index is 10.6. The Morgan fingerprint density at radius 3 is 2.88 bits per heavy atom. The predicted molar refractivity (Wildman–Crippen MR) is 72.2 cm³/mol. The Morgan fingerprint density at radius 1 is 1.59 bits per heavy atom. The standard InChI is InChI=1S/C11H15N3O2S/c1-3-8(2)12-11(17)13-9-5-4-6-10(7-9)14(15)16/h4-8H,3H2,1-2H3,(H2,12,13,17). The van der Waals surface area contributed by atoms with E-state index in [4.69, 9.17) is 12.2 Å². The normalized spacial score (nSPS) is 11.6. The Hall–Kier alpha value is -1.69. The van der Waals surface area contributed by atoms with Crippen LogP contribution < -0.4 is 10.6 Å². The second kappa shape index (κ2) is 6.15. The largest absolute Gasteiger partial charge is 0.360 e. The summed E-state index contributed by atoms with van der Waals surface area (Å²) >= 11 is 5.10. The molecule has 2 N–H and O–H groups in total. The number of hydrogen-bond acceptors (Lipinski definition) is 3. The summed E-state index contributed by atoms with van der Waals surface area (Å²) in [4.78, 5) is 10.2. The van der Waals surface area contributed by atoms with Gasteiger partial charge < -0.3 is 10.6 Å². The van der Waals surface area contributed by atoms with E-state index in [2.05, 4.69) is 10.6 Å². The molecule has 1 aromatic rings. The molecule has 1 atom stereocenters. The van der Waals surface area contributed by atoms with Crippen LogP contribution in [0.25, 0.3) is 0 Å². The van der Waals surface area contributed by atoms with E-state index >= 15 is 0 Å². The van der Waals surface area contributed by atoms with Gasteiger partial charge in [-0.25, -0.2) is 0 Å². The van der Waals surface area contributed by atoms with Gasteiger partial charge >= 0.3 is 0 Å². The SMILES string of the molecule is CCC(C)NC(=S)Nc1cccc([N+](=O)[O-])c1. The van der Waals surface area contributed by atoms with Gasteiger partial charge in [0.05, 0.1) is 4.92 Å². The molecule has 0 aliphatic rings. The first-order chi connectivity index (χ1) is 8.02. The molecule has 5 nitrogen and oxygen atoms in total. The maximum atomic E-state index is 10.6. The van der Waals surface area contributed by atoms with Crippen LogP contribution in [0.5, 0.6) is 0 Å². The number of benzene rings is 1. The Labute approximate surface area is 105 Å². The first kappa shape index (κ1) is 13.4. The second-order valence-electron chi connectivity index (χ2n) is 3.72. The summed E-state index contributed by atoms with van der Waals surface area (Å²) in [7, 11) is 0. The Bertz CT molecular complexity index is 423. The lowest BCUT2D eigenvalue weighted by molar-refractivity contribution is -0.384. The number of non-ortho nitro benzene ring substituents is 1. The highest BCUT2D eigenvalue weighted by Gasteiger charge is 2.07. The summed E-state index contributed by atoms with van der Waals surface area (Å²) in [6, 6.07) is 6.51. The highest BCUT2D eigenvalue weighted by atomic mass is 32.1. The highest BCUT2D eigenvalue weighted by molar-refractivity contribution is 7.80. The molecule has 0 aliphatic carbocycles. The van der Waals surface area contributed by atoms with Crippen LogP contribution in [0.2, 0.25) is 0 Å². The minimum absolute atomic E-state index is 0.0429. The molecule has 0 bridgehead atoms. The molecule has 1 rings (SSSR count). The fourth-order valence-corrected chi connectivity index (χ4v) is 1.51. The molecular formula is C11H15N3O2S. The van der Waals surface area contributed by atoms with Crippen molar-refractivity contribution in [1.82, 2.24) is 5.32 Å². The van der Waals surface area contributed by atoms with Gasteiger partial charge in [-0.1, -0.05) is 13.0 Å². The van der Waals surface area contributed by atoms with Crippen molar-refractivity contribution in [2.24, 2.45) is 0 Å². The van der Waals surface area contributed by atoms with E-state index in [9.17, 15) is 10.1 Å². The molecule has 0 radical (unpaired) electrons. The summed E-state index contributed by atoms with van der Waals surface area (Å²) in [5.41, 5.74) is 0.654. The molecule has 0 fully saturated rings. The van der Waals surface area contributed by atoms with Gasteiger partial charge in [0.2, 0.25) is 0 Å². The van der Waals surface area contributed by atoms with Gasteiger partial charge in [-0.05, 0) is 31.6 Å². The third-order valence-electron chi connectivity index (χ3n) is 2.30. The van der Waals surface area contributed by atoms with Gasteiger partial charge in [0.25, 0.3) is 5.69 Å². The summed E-state index contributed by atoms with van der Waals surface area (Å²) in [6.07, 6.45) is 0.955. The molecule has 0 amide bonds. The minimum Gasteiger partial charge on any atom is -0.360 e. The van der Waals surface area contributed by atoms with Crippen molar-refractivity contribution in [2.75, 3.05) is 5.32 Å². The average Bonchev–Trinajstić information content (AvgIpc) is 2.28. The topological polar surface area (TPSA) is 67.2 Å². The number of thiocarbonyl (C=S) groups is 1. The first-order valence-electron chi connectivity index (χ1n) is 5.35. The van der Waals surface area contributed by atoms with E-state index in [1.165, 1.54) is 12.1 Å². The summed E-state index contributed by atoms with van der Waals surface area (Å²) in [5.74, 6) is 0. The van der Waals surface area contributed by atoms with Crippen LogP contribution in [0.15, 0.2) is 24.3 Å². The third kappa shape index (κ3) is 4.36. The summed E-state index contributed by atoms with van der Waals surface area (Å²) < 4.78 is 0. The fourth-order valence-electron chi connectivity index (χ4n) is 1.19. The third-order valence-corrected chi connectivity index (χ3v) is 2.52. The van der Waals surface area contributed by atoms with Gasteiger partial charge in [-0.3, -0.25) is 10.1 Å². The lowest BCUT2D eigenvalue weighted by Crippen LogP contribution is -2.35. The van der Waals surface area contributed by atoms with Gasteiger partial charge in [0.15, 0.2) is 5.11 Å². The van der Waals surface area contributed by atoms with Crippen LogP contribution in [-0.2, 0) is 0 Å². The van der Waals surface area contributed by atoms with Crippen LogP contribution in [0.4, 0.5) is 11.4 Å². The number of nitrogens with zero attached hydrogens (tertiary/aromatic N) is 1. The molecule has 0 heterocycles. The lowest BCUT2D eigenvalue weighted by atomic mass is 10.2. The molecule has 0 aliphatic heterocycles. The smallest absolute Gasteiger partial charge is 0.271 e. The van der Waals surface area contributed by atoms with E-state index in [1.54, 1.807) is 12.1 Å². The quantitative estimate of drug-likeness (QED) is 0.490. The zero-order chi connectivity index (χ0) is 12.8. The van der Waals surface area contributed by atoms with Crippen LogP contribution >= 0.6 is 12.2 Å². The van der Waals surface area contributed by atoms with Gasteiger partial charge in [-0.15, -0.1) is 0 Å².